The molecule has 1 aliphatic heterocycles. The average molecular weight is 303 g/mol. The minimum atomic E-state index is 0.0949. The zero-order valence-corrected chi connectivity index (χ0v) is 13.0. The lowest BCUT2D eigenvalue weighted by molar-refractivity contribution is 0.0989. The Bertz CT molecular complexity index is 623. The van der Waals surface area contributed by atoms with Crippen molar-refractivity contribution in [3.05, 3.63) is 42.2 Å². The Morgan fingerprint density at radius 2 is 2.15 bits per heavy atom. The molecule has 0 radical (unpaired) electrons. The molecule has 1 aromatic heterocycles. The molecule has 2 unspecified atom stereocenters. The highest BCUT2D eigenvalue weighted by Gasteiger charge is 2.32. The average Bonchev–Trinajstić information content (AvgIpc) is 2.53. The van der Waals surface area contributed by atoms with E-state index in [9.17, 15) is 4.79 Å². The number of rotatable bonds is 3. The van der Waals surface area contributed by atoms with E-state index in [1.54, 1.807) is 6.20 Å². The summed E-state index contributed by atoms with van der Waals surface area (Å²) in [6.45, 7) is 2.18. The second kappa shape index (κ2) is 6.19. The Morgan fingerprint density at radius 1 is 1.30 bits per heavy atom. The first-order valence-electron chi connectivity index (χ1n) is 6.91. The predicted octanol–water partition coefficient (Wildman–Crippen LogP) is 4.04. The lowest BCUT2D eigenvalue weighted by Gasteiger charge is -2.29. The molecule has 0 aliphatic carbocycles. The van der Waals surface area contributed by atoms with Crippen LogP contribution in [0.3, 0.4) is 0 Å². The maximum Gasteiger partial charge on any atom is 0.177 e. The third-order valence-corrected chi connectivity index (χ3v) is 6.90. The summed E-state index contributed by atoms with van der Waals surface area (Å²) in [5, 5.41) is 2.61. The summed E-state index contributed by atoms with van der Waals surface area (Å²) in [6, 6.07) is 7.87. The molecular formula is C16H17NOS2. The minimum Gasteiger partial charge on any atom is -0.293 e. The second-order valence-electron chi connectivity index (χ2n) is 4.88. The zero-order valence-electron chi connectivity index (χ0n) is 11.4. The first-order chi connectivity index (χ1) is 9.81. The molecule has 2 aromatic rings. The number of nitrogens with zero attached hydrogens (tertiary/aromatic N) is 1. The van der Waals surface area contributed by atoms with E-state index in [4.69, 9.17) is 0 Å². The molecule has 1 saturated heterocycles. The van der Waals surface area contributed by atoms with Gasteiger partial charge in [-0.15, -0.1) is 11.8 Å². The van der Waals surface area contributed by atoms with E-state index in [1.807, 2.05) is 54.0 Å². The summed E-state index contributed by atoms with van der Waals surface area (Å²) in [5.41, 5.74) is 0.850. The first-order valence-corrected chi connectivity index (χ1v) is 9.01. The van der Waals surface area contributed by atoms with E-state index in [1.165, 1.54) is 0 Å². The molecule has 4 heteroatoms. The SMILES string of the molecule is CCC1SCCSC1C(=O)c1cccc2cnccc12. The highest BCUT2D eigenvalue weighted by atomic mass is 32.2. The van der Waals surface area contributed by atoms with E-state index in [0.717, 1.165) is 34.3 Å². The smallest absolute Gasteiger partial charge is 0.177 e. The van der Waals surface area contributed by atoms with Crippen molar-refractivity contribution in [2.75, 3.05) is 11.5 Å². The van der Waals surface area contributed by atoms with Gasteiger partial charge in [-0.1, -0.05) is 25.1 Å². The molecule has 1 fully saturated rings. The molecule has 20 heavy (non-hydrogen) atoms. The minimum absolute atomic E-state index is 0.0949. The lowest BCUT2D eigenvalue weighted by Crippen LogP contribution is -2.32. The first kappa shape index (κ1) is 14.0. The van der Waals surface area contributed by atoms with E-state index in [2.05, 4.69) is 11.9 Å². The number of benzene rings is 1. The van der Waals surface area contributed by atoms with Gasteiger partial charge in [0.25, 0.3) is 0 Å². The monoisotopic (exact) mass is 303 g/mol. The molecule has 1 aromatic carbocycles. The number of hydrogen-bond acceptors (Lipinski definition) is 4. The highest BCUT2D eigenvalue weighted by molar-refractivity contribution is 8.07. The number of Topliss-reactive ketones (excluding diaryl/α,β-unsaturated/α-hetero) is 1. The van der Waals surface area contributed by atoms with Gasteiger partial charge in [0, 0.05) is 40.1 Å². The van der Waals surface area contributed by atoms with Crippen LogP contribution in [0.4, 0.5) is 0 Å². The van der Waals surface area contributed by atoms with Crippen LogP contribution in [-0.2, 0) is 0 Å². The van der Waals surface area contributed by atoms with Crippen LogP contribution in [0.5, 0.6) is 0 Å². The van der Waals surface area contributed by atoms with Crippen molar-refractivity contribution < 1.29 is 4.79 Å². The van der Waals surface area contributed by atoms with Crippen LogP contribution in [0, 0.1) is 0 Å². The van der Waals surface area contributed by atoms with Crippen LogP contribution >= 0.6 is 23.5 Å². The third-order valence-electron chi connectivity index (χ3n) is 3.66. The molecule has 2 atom stereocenters. The lowest BCUT2D eigenvalue weighted by atomic mass is 9.99. The van der Waals surface area contributed by atoms with Crippen LogP contribution < -0.4 is 0 Å². The van der Waals surface area contributed by atoms with Crippen LogP contribution in [-0.4, -0.2) is 32.8 Å². The summed E-state index contributed by atoms with van der Waals surface area (Å²) >= 11 is 3.77. The van der Waals surface area contributed by atoms with Crippen molar-refractivity contribution in [1.82, 2.24) is 4.98 Å². The van der Waals surface area contributed by atoms with Gasteiger partial charge in [-0.25, -0.2) is 0 Å². The van der Waals surface area contributed by atoms with Gasteiger partial charge in [0.2, 0.25) is 0 Å². The summed E-state index contributed by atoms with van der Waals surface area (Å²) in [6.07, 6.45) is 4.64. The molecule has 0 amide bonds. The summed E-state index contributed by atoms with van der Waals surface area (Å²) in [4.78, 5) is 17.1. The molecule has 0 bridgehead atoms. The summed E-state index contributed by atoms with van der Waals surface area (Å²) in [5.74, 6) is 2.52. The van der Waals surface area contributed by atoms with Crippen molar-refractivity contribution in [2.45, 2.75) is 23.8 Å². The van der Waals surface area contributed by atoms with Crippen molar-refractivity contribution >= 4 is 40.1 Å². The maximum atomic E-state index is 12.9. The van der Waals surface area contributed by atoms with Gasteiger partial charge in [-0.05, 0) is 17.9 Å². The summed E-state index contributed by atoms with van der Waals surface area (Å²) < 4.78 is 0. The predicted molar refractivity (Wildman–Crippen MR) is 88.9 cm³/mol. The molecule has 1 aliphatic rings. The Hall–Kier alpha value is -1.00. The second-order valence-corrected chi connectivity index (χ2v) is 7.47. The fraction of sp³-hybridized carbons (Fsp3) is 0.375. The fourth-order valence-electron chi connectivity index (χ4n) is 2.64. The quantitative estimate of drug-likeness (QED) is 0.800. The normalized spacial score (nSPS) is 22.9. The topological polar surface area (TPSA) is 30.0 Å². The summed E-state index contributed by atoms with van der Waals surface area (Å²) in [7, 11) is 0. The molecule has 0 saturated carbocycles. The van der Waals surface area contributed by atoms with Crippen molar-refractivity contribution in [1.29, 1.82) is 0 Å². The van der Waals surface area contributed by atoms with Crippen LogP contribution in [0.15, 0.2) is 36.7 Å². The van der Waals surface area contributed by atoms with E-state index < -0.39 is 0 Å². The highest BCUT2D eigenvalue weighted by Crippen LogP contribution is 2.36. The molecule has 0 N–H and O–H groups in total. The van der Waals surface area contributed by atoms with E-state index in [0.29, 0.717) is 5.25 Å². The number of pyridine rings is 1. The molecular weight excluding hydrogens is 286 g/mol. The number of aromatic nitrogens is 1. The number of fused-ring (bicyclic) bond motifs is 1. The molecule has 3 rings (SSSR count). The van der Waals surface area contributed by atoms with Crippen LogP contribution in [0.1, 0.15) is 23.7 Å². The third kappa shape index (κ3) is 2.59. The number of thioether (sulfide) groups is 2. The van der Waals surface area contributed by atoms with Gasteiger partial charge in [-0.3, -0.25) is 9.78 Å². The standard InChI is InChI=1S/C16H17NOS2/c1-2-14-16(20-9-8-19-14)15(18)13-5-3-4-11-10-17-7-6-12(11)13/h3-7,10,14,16H,2,8-9H2,1H3. The number of carbonyl (C=O) groups excluding carboxylic acids is 1. The largest absolute Gasteiger partial charge is 0.293 e. The Labute approximate surface area is 127 Å². The Kier molecular flexibility index (Phi) is 4.32. The number of ketones is 1. The number of carbonyl (C=O) groups is 1. The van der Waals surface area contributed by atoms with Crippen molar-refractivity contribution in [2.24, 2.45) is 0 Å². The van der Waals surface area contributed by atoms with E-state index >= 15 is 0 Å². The van der Waals surface area contributed by atoms with Crippen LogP contribution in [0.2, 0.25) is 0 Å². The zero-order chi connectivity index (χ0) is 13.9. The van der Waals surface area contributed by atoms with Gasteiger partial charge in [0.1, 0.15) is 0 Å². The molecule has 0 spiro atoms. The van der Waals surface area contributed by atoms with Gasteiger partial charge >= 0.3 is 0 Å². The van der Waals surface area contributed by atoms with Gasteiger partial charge in [-0.2, -0.15) is 11.8 Å². The van der Waals surface area contributed by atoms with Crippen LogP contribution in [0.25, 0.3) is 10.8 Å². The molecule has 2 heterocycles. The van der Waals surface area contributed by atoms with Crippen molar-refractivity contribution in [3.8, 4) is 0 Å². The Balaban J connectivity index is 1.99. The van der Waals surface area contributed by atoms with Gasteiger partial charge < -0.3 is 0 Å². The Morgan fingerprint density at radius 3 is 3.00 bits per heavy atom. The maximum absolute atomic E-state index is 12.9. The van der Waals surface area contributed by atoms with Gasteiger partial charge in [0.05, 0.1) is 5.25 Å². The molecule has 2 nitrogen and oxygen atoms in total. The van der Waals surface area contributed by atoms with Gasteiger partial charge in [0.15, 0.2) is 5.78 Å². The number of hydrogen-bond donors (Lipinski definition) is 0. The molecule has 104 valence electrons. The van der Waals surface area contributed by atoms with E-state index in [-0.39, 0.29) is 11.0 Å². The fourth-order valence-corrected chi connectivity index (χ4v) is 5.65. The van der Waals surface area contributed by atoms with Crippen molar-refractivity contribution in [3.63, 3.8) is 0 Å².